The van der Waals surface area contributed by atoms with Gasteiger partial charge in [0.05, 0.1) is 0 Å². The summed E-state index contributed by atoms with van der Waals surface area (Å²) in [5.74, 6) is 3.75. The van der Waals surface area contributed by atoms with Gasteiger partial charge in [-0.25, -0.2) is 0 Å². The molecule has 0 saturated heterocycles. The van der Waals surface area contributed by atoms with Crippen molar-refractivity contribution in [2.45, 2.75) is 77.8 Å². The van der Waals surface area contributed by atoms with Gasteiger partial charge in [0.2, 0.25) is 0 Å². The summed E-state index contributed by atoms with van der Waals surface area (Å²) >= 11 is 0. The van der Waals surface area contributed by atoms with Gasteiger partial charge in [-0.3, -0.25) is 4.99 Å². The Morgan fingerprint density at radius 2 is 2.14 bits per heavy atom. The Morgan fingerprint density at radius 3 is 2.89 bits per heavy atom. The second-order valence-electron chi connectivity index (χ2n) is 8.20. The van der Waals surface area contributed by atoms with Gasteiger partial charge in [-0.2, -0.15) is 0 Å². The zero-order valence-corrected chi connectivity index (χ0v) is 17.7. The molecular formula is C21H38N6O. The van der Waals surface area contributed by atoms with Crippen molar-refractivity contribution < 1.29 is 4.74 Å². The predicted octanol–water partition coefficient (Wildman–Crippen LogP) is 2.77. The van der Waals surface area contributed by atoms with E-state index < -0.39 is 0 Å². The van der Waals surface area contributed by atoms with Crippen LogP contribution in [0.3, 0.4) is 0 Å². The average Bonchev–Trinajstić information content (AvgIpc) is 3.44. The highest BCUT2D eigenvalue weighted by Gasteiger charge is 2.39. The lowest BCUT2D eigenvalue weighted by molar-refractivity contribution is 0.130. The van der Waals surface area contributed by atoms with Gasteiger partial charge in [-0.1, -0.05) is 26.7 Å². The number of nitrogens with one attached hydrogen (secondary N) is 2. The number of guanidine groups is 1. The van der Waals surface area contributed by atoms with Gasteiger partial charge in [-0.05, 0) is 43.9 Å². The standard InChI is InChI=1S/C21H38N6O/c1-3-5-12-28-13-6-9-22-21(25-19-15-17-7-8-18(19)14-17)23-10-11-27-16-24-26-20(27)4-2/h16-19H,3-15H2,1-2H3,(H2,22,23,25). The summed E-state index contributed by atoms with van der Waals surface area (Å²) in [4.78, 5) is 4.82. The van der Waals surface area contributed by atoms with Crippen molar-refractivity contribution in [1.29, 1.82) is 0 Å². The summed E-state index contributed by atoms with van der Waals surface area (Å²) in [6, 6.07) is 0.590. The number of hydrogen-bond donors (Lipinski definition) is 2. The molecule has 1 heterocycles. The third-order valence-corrected chi connectivity index (χ3v) is 6.08. The third kappa shape index (κ3) is 6.19. The van der Waals surface area contributed by atoms with Crippen LogP contribution in [0.2, 0.25) is 0 Å². The second kappa shape index (κ2) is 11.4. The van der Waals surface area contributed by atoms with Crippen LogP contribution < -0.4 is 10.6 Å². The van der Waals surface area contributed by atoms with Gasteiger partial charge in [0, 0.05) is 45.3 Å². The molecular weight excluding hydrogens is 352 g/mol. The fraction of sp³-hybridized carbons (Fsp3) is 0.857. The molecule has 3 rings (SSSR count). The van der Waals surface area contributed by atoms with E-state index in [1.54, 1.807) is 0 Å². The first-order valence-corrected chi connectivity index (χ1v) is 11.3. The lowest BCUT2D eigenvalue weighted by atomic mass is 9.95. The number of rotatable bonds is 12. The molecule has 7 heteroatoms. The van der Waals surface area contributed by atoms with Crippen LogP contribution in [-0.2, 0) is 17.7 Å². The van der Waals surface area contributed by atoms with Crippen LogP contribution >= 0.6 is 0 Å². The van der Waals surface area contributed by atoms with Crippen LogP contribution in [0, 0.1) is 11.8 Å². The van der Waals surface area contributed by atoms with Crippen LogP contribution in [0.1, 0.15) is 64.6 Å². The minimum Gasteiger partial charge on any atom is -0.381 e. The van der Waals surface area contributed by atoms with Gasteiger partial charge < -0.3 is 19.9 Å². The fourth-order valence-electron chi connectivity index (χ4n) is 4.49. The van der Waals surface area contributed by atoms with E-state index in [-0.39, 0.29) is 0 Å². The van der Waals surface area contributed by atoms with Crippen molar-refractivity contribution in [3.8, 4) is 0 Å². The first kappa shape index (κ1) is 21.1. The summed E-state index contributed by atoms with van der Waals surface area (Å²) in [6.07, 6.45) is 11.5. The van der Waals surface area contributed by atoms with E-state index in [1.807, 2.05) is 6.33 Å². The van der Waals surface area contributed by atoms with Crippen molar-refractivity contribution in [2.75, 3.05) is 26.3 Å². The van der Waals surface area contributed by atoms with Gasteiger partial charge in [-0.15, -0.1) is 10.2 Å². The number of aromatic nitrogens is 3. The van der Waals surface area contributed by atoms with E-state index in [0.717, 1.165) is 75.7 Å². The molecule has 158 valence electrons. The summed E-state index contributed by atoms with van der Waals surface area (Å²) < 4.78 is 7.77. The molecule has 2 fully saturated rings. The zero-order chi connectivity index (χ0) is 19.6. The fourth-order valence-corrected chi connectivity index (χ4v) is 4.49. The lowest BCUT2D eigenvalue weighted by Crippen LogP contribution is -2.46. The molecule has 2 aliphatic rings. The van der Waals surface area contributed by atoms with Crippen molar-refractivity contribution in [2.24, 2.45) is 16.8 Å². The Morgan fingerprint density at radius 1 is 1.25 bits per heavy atom. The molecule has 1 aromatic heterocycles. The van der Waals surface area contributed by atoms with Gasteiger partial charge in [0.1, 0.15) is 12.2 Å². The molecule has 2 N–H and O–H groups in total. The Hall–Kier alpha value is -1.63. The summed E-state index contributed by atoms with van der Waals surface area (Å²) in [6.45, 7) is 8.45. The van der Waals surface area contributed by atoms with Crippen LogP contribution in [0.15, 0.2) is 11.3 Å². The number of fused-ring (bicyclic) bond motifs is 2. The predicted molar refractivity (Wildman–Crippen MR) is 112 cm³/mol. The van der Waals surface area contributed by atoms with Crippen molar-refractivity contribution in [3.63, 3.8) is 0 Å². The summed E-state index contributed by atoms with van der Waals surface area (Å²) in [5.41, 5.74) is 0. The van der Waals surface area contributed by atoms with Crippen LogP contribution in [0.25, 0.3) is 0 Å². The highest BCUT2D eigenvalue weighted by atomic mass is 16.5. The minimum atomic E-state index is 0.590. The first-order chi connectivity index (χ1) is 13.8. The molecule has 0 aliphatic heterocycles. The Bertz CT molecular complexity index is 601. The van der Waals surface area contributed by atoms with Crippen molar-refractivity contribution in [1.82, 2.24) is 25.4 Å². The van der Waals surface area contributed by atoms with E-state index in [0.29, 0.717) is 6.04 Å². The number of nitrogens with zero attached hydrogens (tertiary/aromatic N) is 4. The quantitative estimate of drug-likeness (QED) is 0.326. The molecule has 0 amide bonds. The van der Waals surface area contributed by atoms with Crippen LogP contribution in [-0.4, -0.2) is 53.1 Å². The van der Waals surface area contributed by atoms with Crippen molar-refractivity contribution >= 4 is 5.96 Å². The molecule has 2 aliphatic carbocycles. The van der Waals surface area contributed by atoms with Gasteiger partial charge in [0.15, 0.2) is 5.96 Å². The van der Waals surface area contributed by atoms with E-state index >= 15 is 0 Å². The molecule has 2 bridgehead atoms. The molecule has 1 aromatic rings. The van der Waals surface area contributed by atoms with E-state index in [2.05, 4.69) is 39.2 Å². The molecule has 7 nitrogen and oxygen atoms in total. The van der Waals surface area contributed by atoms with Crippen LogP contribution in [0.4, 0.5) is 0 Å². The second-order valence-corrected chi connectivity index (χ2v) is 8.20. The maximum absolute atomic E-state index is 5.66. The SMILES string of the molecule is CCCCOCCCN=C(NCCn1cnnc1CC)NC1CC2CCC1C2. The lowest BCUT2D eigenvalue weighted by Gasteiger charge is -2.25. The Kier molecular flexibility index (Phi) is 8.58. The molecule has 0 radical (unpaired) electrons. The van der Waals surface area contributed by atoms with Gasteiger partial charge in [0.25, 0.3) is 0 Å². The third-order valence-electron chi connectivity index (χ3n) is 6.08. The van der Waals surface area contributed by atoms with E-state index in [9.17, 15) is 0 Å². The smallest absolute Gasteiger partial charge is 0.191 e. The topological polar surface area (TPSA) is 76.4 Å². The Balaban J connectivity index is 1.45. The number of aliphatic imine (C=N–C) groups is 1. The highest BCUT2D eigenvalue weighted by Crippen LogP contribution is 2.44. The number of unbranched alkanes of at least 4 members (excludes halogenated alkanes) is 1. The zero-order valence-electron chi connectivity index (χ0n) is 17.7. The highest BCUT2D eigenvalue weighted by molar-refractivity contribution is 5.80. The largest absolute Gasteiger partial charge is 0.381 e. The maximum atomic E-state index is 5.66. The number of ether oxygens (including phenoxy) is 1. The Labute approximate surface area is 169 Å². The molecule has 0 spiro atoms. The maximum Gasteiger partial charge on any atom is 0.191 e. The van der Waals surface area contributed by atoms with Crippen molar-refractivity contribution in [3.05, 3.63) is 12.2 Å². The monoisotopic (exact) mass is 390 g/mol. The minimum absolute atomic E-state index is 0.590. The molecule has 3 unspecified atom stereocenters. The van der Waals surface area contributed by atoms with E-state index in [1.165, 1.54) is 32.1 Å². The summed E-state index contributed by atoms with van der Waals surface area (Å²) in [5, 5.41) is 15.4. The molecule has 28 heavy (non-hydrogen) atoms. The average molecular weight is 391 g/mol. The molecule has 0 aromatic carbocycles. The molecule has 2 saturated carbocycles. The molecule has 3 atom stereocenters. The van der Waals surface area contributed by atoms with E-state index in [4.69, 9.17) is 9.73 Å². The number of aryl methyl sites for hydroxylation is 1. The first-order valence-electron chi connectivity index (χ1n) is 11.3. The normalized spacial score (nSPS) is 24.1. The van der Waals surface area contributed by atoms with Gasteiger partial charge >= 0.3 is 0 Å². The summed E-state index contributed by atoms with van der Waals surface area (Å²) in [7, 11) is 0. The van der Waals surface area contributed by atoms with Crippen LogP contribution in [0.5, 0.6) is 0 Å². The number of hydrogen-bond acceptors (Lipinski definition) is 4.